The first-order valence-electron chi connectivity index (χ1n) is 9.05. The van der Waals surface area contributed by atoms with Crippen LogP contribution in [0.15, 0.2) is 27.3 Å². The number of aromatic nitrogens is 2. The van der Waals surface area contributed by atoms with Gasteiger partial charge in [0, 0.05) is 33.0 Å². The van der Waals surface area contributed by atoms with E-state index in [-0.39, 0.29) is 31.2 Å². The summed E-state index contributed by atoms with van der Waals surface area (Å²) in [6.45, 7) is 0.753. The van der Waals surface area contributed by atoms with Gasteiger partial charge in [0.1, 0.15) is 0 Å². The zero-order valence-electron chi connectivity index (χ0n) is 15.5. The Morgan fingerprint density at radius 2 is 2.07 bits per heavy atom. The first kappa shape index (κ1) is 19.6. The predicted molar refractivity (Wildman–Crippen MR) is 94.9 cm³/mol. The fraction of sp³-hybridized carbons (Fsp3) is 0.500. The zero-order valence-corrected chi connectivity index (χ0v) is 15.5. The van der Waals surface area contributed by atoms with Crippen LogP contribution >= 0.6 is 0 Å². The Morgan fingerprint density at radius 3 is 2.71 bits per heavy atom. The van der Waals surface area contributed by atoms with E-state index >= 15 is 0 Å². The number of hydrogen-bond acceptors (Lipinski definition) is 7. The molecule has 0 spiro atoms. The van der Waals surface area contributed by atoms with Gasteiger partial charge in [-0.3, -0.25) is 14.4 Å². The highest BCUT2D eigenvalue weighted by atomic mass is 16.5. The molecular formula is C18H22N4O6. The number of rotatable bonds is 7. The number of nitrogens with zero attached hydrogens (tertiary/aromatic N) is 4. The maximum absolute atomic E-state index is 12.3. The molecule has 3 rings (SSSR count). The maximum atomic E-state index is 12.3. The van der Waals surface area contributed by atoms with Crippen molar-refractivity contribution in [3.05, 3.63) is 24.3 Å². The van der Waals surface area contributed by atoms with Crippen molar-refractivity contribution in [3.63, 3.8) is 0 Å². The van der Waals surface area contributed by atoms with Gasteiger partial charge < -0.3 is 23.8 Å². The lowest BCUT2D eigenvalue weighted by Gasteiger charge is -2.31. The van der Waals surface area contributed by atoms with E-state index in [4.69, 9.17) is 14.0 Å². The molecular weight excluding hydrogens is 368 g/mol. The largest absolute Gasteiger partial charge is 0.481 e. The summed E-state index contributed by atoms with van der Waals surface area (Å²) in [5.41, 5.74) is 0. The van der Waals surface area contributed by atoms with Crippen LogP contribution in [0.4, 0.5) is 0 Å². The monoisotopic (exact) mass is 390 g/mol. The smallest absolute Gasteiger partial charge is 0.306 e. The highest BCUT2D eigenvalue weighted by molar-refractivity contribution is 5.85. The summed E-state index contributed by atoms with van der Waals surface area (Å²) in [6, 6.07) is 3.42. The zero-order chi connectivity index (χ0) is 20.1. The summed E-state index contributed by atoms with van der Waals surface area (Å²) < 4.78 is 10.3. The number of carboxylic acid groups (broad SMARTS) is 1. The van der Waals surface area contributed by atoms with Crippen molar-refractivity contribution >= 4 is 17.8 Å². The van der Waals surface area contributed by atoms with Gasteiger partial charge in [-0.2, -0.15) is 4.98 Å². The van der Waals surface area contributed by atoms with E-state index in [1.165, 1.54) is 11.2 Å². The number of furan rings is 1. The quantitative estimate of drug-likeness (QED) is 0.742. The van der Waals surface area contributed by atoms with Gasteiger partial charge in [-0.15, -0.1) is 0 Å². The van der Waals surface area contributed by atoms with Gasteiger partial charge >= 0.3 is 5.97 Å². The van der Waals surface area contributed by atoms with Crippen molar-refractivity contribution in [2.45, 2.75) is 25.7 Å². The molecule has 1 aliphatic rings. The first-order chi connectivity index (χ1) is 13.4. The van der Waals surface area contributed by atoms with Crippen LogP contribution in [0.5, 0.6) is 0 Å². The highest BCUT2D eigenvalue weighted by Crippen LogP contribution is 2.18. The summed E-state index contributed by atoms with van der Waals surface area (Å²) in [7, 11) is 1.56. The molecule has 10 nitrogen and oxygen atoms in total. The molecule has 2 amide bonds. The third kappa shape index (κ3) is 4.76. The molecule has 1 saturated heterocycles. The number of aryl methyl sites for hydroxylation is 1. The van der Waals surface area contributed by atoms with Crippen LogP contribution < -0.4 is 0 Å². The number of amides is 2. The van der Waals surface area contributed by atoms with E-state index in [1.807, 2.05) is 0 Å². The molecule has 28 heavy (non-hydrogen) atoms. The lowest BCUT2D eigenvalue weighted by molar-refractivity contribution is -0.146. The van der Waals surface area contributed by atoms with Crippen LogP contribution in [0, 0.1) is 5.92 Å². The standard InChI is InChI=1S/C18H22N4O6/c1-21(11-16(24)22-8-6-12(7-9-22)18(25)26)15(23)5-4-14-19-17(20-28-14)13-3-2-10-27-13/h2-3,10,12H,4-9,11H2,1H3,(H,25,26). The van der Waals surface area contributed by atoms with Crippen LogP contribution in [-0.4, -0.2) is 69.5 Å². The van der Waals surface area contributed by atoms with Crippen molar-refractivity contribution in [3.8, 4) is 11.6 Å². The van der Waals surface area contributed by atoms with Crippen LogP contribution in [0.25, 0.3) is 11.6 Å². The Bertz CT molecular complexity index is 823. The van der Waals surface area contributed by atoms with Gasteiger partial charge in [-0.1, -0.05) is 5.16 Å². The molecule has 0 radical (unpaired) electrons. The molecule has 150 valence electrons. The fourth-order valence-corrected chi connectivity index (χ4v) is 3.03. The summed E-state index contributed by atoms with van der Waals surface area (Å²) in [4.78, 5) is 42.7. The lowest BCUT2D eigenvalue weighted by atomic mass is 9.97. The van der Waals surface area contributed by atoms with E-state index in [0.717, 1.165) is 0 Å². The second-order valence-electron chi connectivity index (χ2n) is 6.73. The second-order valence-corrected chi connectivity index (χ2v) is 6.73. The molecule has 3 heterocycles. The molecule has 2 aromatic rings. The van der Waals surface area contributed by atoms with E-state index in [0.29, 0.717) is 43.4 Å². The molecule has 0 saturated carbocycles. The Kier molecular flexibility index (Phi) is 6.07. The second kappa shape index (κ2) is 8.68. The van der Waals surface area contributed by atoms with Crippen molar-refractivity contribution in [2.75, 3.05) is 26.7 Å². The van der Waals surface area contributed by atoms with E-state index in [1.54, 1.807) is 24.1 Å². The Morgan fingerprint density at radius 1 is 1.32 bits per heavy atom. The van der Waals surface area contributed by atoms with E-state index in [2.05, 4.69) is 10.1 Å². The molecule has 0 aromatic carbocycles. The number of aliphatic carboxylic acids is 1. The minimum Gasteiger partial charge on any atom is -0.481 e. The van der Waals surface area contributed by atoms with Gasteiger partial charge in [-0.25, -0.2) is 0 Å². The molecule has 10 heteroatoms. The Balaban J connectivity index is 1.43. The number of likely N-dealkylation sites (tertiary alicyclic amines) is 1. The SMILES string of the molecule is CN(CC(=O)N1CCC(C(=O)O)CC1)C(=O)CCc1nc(-c2ccco2)no1. The van der Waals surface area contributed by atoms with Gasteiger partial charge in [0.25, 0.3) is 0 Å². The van der Waals surface area contributed by atoms with Crippen molar-refractivity contribution < 1.29 is 28.4 Å². The number of piperidine rings is 1. The summed E-state index contributed by atoms with van der Waals surface area (Å²) in [5, 5.41) is 12.8. The predicted octanol–water partition coefficient (Wildman–Crippen LogP) is 1.04. The van der Waals surface area contributed by atoms with E-state index < -0.39 is 11.9 Å². The molecule has 0 unspecified atom stereocenters. The van der Waals surface area contributed by atoms with Crippen molar-refractivity contribution in [1.29, 1.82) is 0 Å². The van der Waals surface area contributed by atoms with Crippen LogP contribution in [0.3, 0.4) is 0 Å². The highest BCUT2D eigenvalue weighted by Gasteiger charge is 2.27. The normalized spacial score (nSPS) is 14.8. The number of hydrogen-bond donors (Lipinski definition) is 1. The maximum Gasteiger partial charge on any atom is 0.306 e. The third-order valence-corrected chi connectivity index (χ3v) is 4.76. The van der Waals surface area contributed by atoms with Gasteiger partial charge in [0.05, 0.1) is 18.7 Å². The van der Waals surface area contributed by atoms with Crippen molar-refractivity contribution in [1.82, 2.24) is 19.9 Å². The minimum atomic E-state index is -0.823. The van der Waals surface area contributed by atoms with Gasteiger partial charge in [0.2, 0.25) is 23.5 Å². The summed E-state index contributed by atoms with van der Waals surface area (Å²) in [6.07, 6.45) is 2.77. The Hall–Kier alpha value is -3.17. The fourth-order valence-electron chi connectivity index (χ4n) is 3.03. The van der Waals surface area contributed by atoms with Crippen molar-refractivity contribution in [2.24, 2.45) is 5.92 Å². The molecule has 1 N–H and O–H groups in total. The lowest BCUT2D eigenvalue weighted by Crippen LogP contribution is -2.45. The number of likely N-dealkylation sites (N-methyl/N-ethyl adjacent to an activating group) is 1. The van der Waals surface area contributed by atoms with Gasteiger partial charge in [-0.05, 0) is 25.0 Å². The Labute approximate surface area is 161 Å². The number of carboxylic acids is 1. The molecule has 0 atom stereocenters. The van der Waals surface area contributed by atoms with Crippen LogP contribution in [0.1, 0.15) is 25.2 Å². The topological polar surface area (TPSA) is 130 Å². The average Bonchev–Trinajstić information content (AvgIpc) is 3.37. The first-order valence-corrected chi connectivity index (χ1v) is 9.05. The molecule has 1 aliphatic heterocycles. The van der Waals surface area contributed by atoms with Crippen LogP contribution in [0.2, 0.25) is 0 Å². The number of carbonyl (C=O) groups is 3. The van der Waals surface area contributed by atoms with Crippen LogP contribution in [-0.2, 0) is 20.8 Å². The third-order valence-electron chi connectivity index (χ3n) is 4.76. The van der Waals surface area contributed by atoms with E-state index in [9.17, 15) is 14.4 Å². The average molecular weight is 390 g/mol. The number of carbonyl (C=O) groups excluding carboxylic acids is 2. The summed E-state index contributed by atoms with van der Waals surface area (Å²) >= 11 is 0. The minimum absolute atomic E-state index is 0.0436. The summed E-state index contributed by atoms with van der Waals surface area (Å²) in [5.74, 6) is -0.504. The van der Waals surface area contributed by atoms with Gasteiger partial charge in [0.15, 0.2) is 5.76 Å². The molecule has 0 aliphatic carbocycles. The molecule has 2 aromatic heterocycles. The molecule has 0 bridgehead atoms. The molecule has 1 fully saturated rings.